The quantitative estimate of drug-likeness (QED) is 0.421. The van der Waals surface area contributed by atoms with Gasteiger partial charge in [0.2, 0.25) is 0 Å². The predicted octanol–water partition coefficient (Wildman–Crippen LogP) is 5.93. The summed E-state index contributed by atoms with van der Waals surface area (Å²) in [7, 11) is 0. The molecule has 5 nitrogen and oxygen atoms in total. The fourth-order valence-corrected chi connectivity index (χ4v) is 4.25. The summed E-state index contributed by atoms with van der Waals surface area (Å²) < 4.78 is 5.44. The molecule has 1 N–H and O–H groups in total. The number of pyridine rings is 1. The van der Waals surface area contributed by atoms with Crippen LogP contribution in [0.25, 0.3) is 44.2 Å². The maximum Gasteiger partial charge on any atom is 0.141 e. The van der Waals surface area contributed by atoms with Crippen LogP contribution in [0.15, 0.2) is 53.2 Å². The predicted molar refractivity (Wildman–Crippen MR) is 114 cm³/mol. The van der Waals surface area contributed by atoms with Gasteiger partial charge in [-0.25, -0.2) is 4.98 Å². The number of nitrogens with one attached hydrogen (secondary N) is 1. The molecule has 0 bridgehead atoms. The normalized spacial score (nSPS) is 14.1. The highest BCUT2D eigenvalue weighted by atomic mass is 16.5. The Morgan fingerprint density at radius 2 is 1.86 bits per heavy atom. The third-order valence-corrected chi connectivity index (χ3v) is 5.81. The molecule has 2 aromatic carbocycles. The number of hydrogen-bond acceptors (Lipinski definition) is 4. The monoisotopic (exact) mass is 380 g/mol. The standard InChI is InChI=1S/C24H20N4O/c1-13-21(14(2)29-28-13)17-11-19(18-7-3-5-15-6-4-10-25-22(15)18)23-20(12-17)26-24(27-23)16-8-9-16/h3-7,10-12,16H,8-9H2,1-2H3,(H,26,27). The van der Waals surface area contributed by atoms with Crippen LogP contribution >= 0.6 is 0 Å². The number of nitrogens with zero attached hydrogens (tertiary/aromatic N) is 3. The topological polar surface area (TPSA) is 67.6 Å². The SMILES string of the molecule is Cc1noc(C)c1-c1cc(-c2cccc3cccnc23)c2nc(C3CC3)[nH]c2c1. The number of hydrogen-bond donors (Lipinski definition) is 1. The van der Waals surface area contributed by atoms with Gasteiger partial charge in [0.1, 0.15) is 11.6 Å². The summed E-state index contributed by atoms with van der Waals surface area (Å²) in [6, 6.07) is 14.8. The average Bonchev–Trinajstić information content (AvgIpc) is 3.42. The number of aromatic nitrogens is 4. The minimum Gasteiger partial charge on any atom is -0.361 e. The molecule has 1 aliphatic rings. The lowest BCUT2D eigenvalue weighted by Gasteiger charge is -2.10. The molecule has 0 aliphatic heterocycles. The van der Waals surface area contributed by atoms with E-state index in [1.165, 1.54) is 12.8 Å². The lowest BCUT2D eigenvalue weighted by molar-refractivity contribution is 0.393. The Kier molecular flexibility index (Phi) is 3.42. The third-order valence-electron chi connectivity index (χ3n) is 5.81. The van der Waals surface area contributed by atoms with E-state index in [1.807, 2.05) is 26.1 Å². The van der Waals surface area contributed by atoms with E-state index in [-0.39, 0.29) is 0 Å². The van der Waals surface area contributed by atoms with Crippen molar-refractivity contribution in [3.8, 4) is 22.3 Å². The Bertz CT molecular complexity index is 1370. The molecule has 0 spiro atoms. The van der Waals surface area contributed by atoms with Gasteiger partial charge in [0.25, 0.3) is 0 Å². The molecule has 0 unspecified atom stereocenters. The zero-order valence-corrected chi connectivity index (χ0v) is 16.4. The Morgan fingerprint density at radius 1 is 1.00 bits per heavy atom. The first-order valence-corrected chi connectivity index (χ1v) is 10.00. The number of para-hydroxylation sites is 1. The summed E-state index contributed by atoms with van der Waals surface area (Å²) in [6.07, 6.45) is 4.27. The van der Waals surface area contributed by atoms with Gasteiger partial charge < -0.3 is 9.51 Å². The van der Waals surface area contributed by atoms with Gasteiger partial charge in [0.15, 0.2) is 0 Å². The molecule has 0 atom stereocenters. The zero-order chi connectivity index (χ0) is 19.5. The lowest BCUT2D eigenvalue weighted by Crippen LogP contribution is -1.89. The van der Waals surface area contributed by atoms with Crippen LogP contribution in [0.4, 0.5) is 0 Å². The molecule has 3 aromatic heterocycles. The van der Waals surface area contributed by atoms with Gasteiger partial charge in [-0.05, 0) is 50.5 Å². The van der Waals surface area contributed by atoms with Crippen molar-refractivity contribution in [2.45, 2.75) is 32.6 Å². The largest absolute Gasteiger partial charge is 0.361 e. The molecule has 0 radical (unpaired) electrons. The van der Waals surface area contributed by atoms with Crippen molar-refractivity contribution in [2.75, 3.05) is 0 Å². The van der Waals surface area contributed by atoms with Crippen molar-refractivity contribution in [3.63, 3.8) is 0 Å². The number of aryl methyl sites for hydroxylation is 2. The molecular formula is C24H20N4O. The van der Waals surface area contributed by atoms with Crippen molar-refractivity contribution in [2.24, 2.45) is 0 Å². The number of H-pyrrole nitrogens is 1. The van der Waals surface area contributed by atoms with Crippen LogP contribution in [0.2, 0.25) is 0 Å². The second-order valence-electron chi connectivity index (χ2n) is 7.90. The van der Waals surface area contributed by atoms with Gasteiger partial charge in [-0.3, -0.25) is 4.98 Å². The number of imidazole rings is 1. The second-order valence-corrected chi connectivity index (χ2v) is 7.90. The van der Waals surface area contributed by atoms with E-state index in [1.54, 1.807) is 0 Å². The smallest absolute Gasteiger partial charge is 0.141 e. The average molecular weight is 380 g/mol. The Labute approximate surface area is 167 Å². The molecule has 5 heteroatoms. The van der Waals surface area contributed by atoms with Gasteiger partial charge in [-0.2, -0.15) is 0 Å². The van der Waals surface area contributed by atoms with Crippen molar-refractivity contribution in [1.82, 2.24) is 20.1 Å². The van der Waals surface area contributed by atoms with Crippen molar-refractivity contribution in [1.29, 1.82) is 0 Å². The van der Waals surface area contributed by atoms with Crippen molar-refractivity contribution in [3.05, 3.63) is 65.9 Å². The van der Waals surface area contributed by atoms with Gasteiger partial charge in [0, 0.05) is 34.2 Å². The van der Waals surface area contributed by atoms with Gasteiger partial charge in [-0.15, -0.1) is 0 Å². The Hall–Kier alpha value is -3.47. The summed E-state index contributed by atoms with van der Waals surface area (Å²) in [4.78, 5) is 13.3. The van der Waals surface area contributed by atoms with E-state index in [0.29, 0.717) is 5.92 Å². The maximum atomic E-state index is 5.44. The van der Waals surface area contributed by atoms with E-state index in [4.69, 9.17) is 9.51 Å². The van der Waals surface area contributed by atoms with Crippen LogP contribution in [0.1, 0.15) is 36.0 Å². The van der Waals surface area contributed by atoms with E-state index in [2.05, 4.69) is 51.5 Å². The van der Waals surface area contributed by atoms with Crippen LogP contribution in [0, 0.1) is 13.8 Å². The highest BCUT2D eigenvalue weighted by molar-refractivity contribution is 6.03. The Morgan fingerprint density at radius 3 is 2.66 bits per heavy atom. The van der Waals surface area contributed by atoms with Crippen LogP contribution < -0.4 is 0 Å². The molecule has 1 saturated carbocycles. The molecule has 5 aromatic rings. The summed E-state index contributed by atoms with van der Waals surface area (Å²) in [5.74, 6) is 2.47. The first-order valence-electron chi connectivity index (χ1n) is 10.00. The molecule has 1 aliphatic carbocycles. The minimum absolute atomic E-state index is 0.559. The van der Waals surface area contributed by atoms with E-state index >= 15 is 0 Å². The lowest BCUT2D eigenvalue weighted by atomic mass is 9.95. The first kappa shape index (κ1) is 16.5. The van der Waals surface area contributed by atoms with Crippen LogP contribution in [-0.2, 0) is 0 Å². The van der Waals surface area contributed by atoms with Crippen molar-refractivity contribution >= 4 is 21.9 Å². The van der Waals surface area contributed by atoms with Crippen LogP contribution in [-0.4, -0.2) is 20.1 Å². The zero-order valence-electron chi connectivity index (χ0n) is 16.4. The third kappa shape index (κ3) is 2.58. The molecule has 142 valence electrons. The van der Waals surface area contributed by atoms with Gasteiger partial charge >= 0.3 is 0 Å². The molecule has 0 saturated heterocycles. The molecular weight excluding hydrogens is 360 g/mol. The molecule has 0 amide bonds. The second kappa shape index (κ2) is 6.01. The molecule has 6 rings (SSSR count). The fourth-order valence-electron chi connectivity index (χ4n) is 4.25. The summed E-state index contributed by atoms with van der Waals surface area (Å²) in [5, 5.41) is 5.28. The summed E-state index contributed by atoms with van der Waals surface area (Å²) in [6.45, 7) is 3.94. The summed E-state index contributed by atoms with van der Waals surface area (Å²) >= 11 is 0. The van der Waals surface area contributed by atoms with E-state index < -0.39 is 0 Å². The van der Waals surface area contributed by atoms with Gasteiger partial charge in [-0.1, -0.05) is 29.4 Å². The van der Waals surface area contributed by atoms with Crippen LogP contribution in [0.5, 0.6) is 0 Å². The van der Waals surface area contributed by atoms with Gasteiger partial charge in [0.05, 0.1) is 22.2 Å². The molecule has 29 heavy (non-hydrogen) atoms. The minimum atomic E-state index is 0.559. The fraction of sp³-hybridized carbons (Fsp3) is 0.208. The first-order chi connectivity index (χ1) is 14.2. The molecule has 3 heterocycles. The highest BCUT2D eigenvalue weighted by Gasteiger charge is 2.28. The number of rotatable bonds is 3. The Balaban J connectivity index is 1.69. The number of fused-ring (bicyclic) bond motifs is 2. The van der Waals surface area contributed by atoms with E-state index in [9.17, 15) is 0 Å². The van der Waals surface area contributed by atoms with Crippen molar-refractivity contribution < 1.29 is 4.52 Å². The van der Waals surface area contributed by atoms with Crippen LogP contribution in [0.3, 0.4) is 0 Å². The molecule has 1 fully saturated rings. The summed E-state index contributed by atoms with van der Waals surface area (Å²) in [5.41, 5.74) is 8.24. The highest BCUT2D eigenvalue weighted by Crippen LogP contribution is 2.42. The number of aromatic amines is 1. The van der Waals surface area contributed by atoms with E-state index in [0.717, 1.165) is 61.5 Å². The maximum absolute atomic E-state index is 5.44. The number of benzene rings is 2.